The number of rotatable bonds is 7. The monoisotopic (exact) mass is 497 g/mol. The first-order chi connectivity index (χ1) is 17.8. The summed E-state index contributed by atoms with van der Waals surface area (Å²) in [5, 5.41) is 20.7. The van der Waals surface area contributed by atoms with Crippen molar-refractivity contribution < 1.29 is 19.7 Å². The van der Waals surface area contributed by atoms with Crippen molar-refractivity contribution >= 4 is 17.2 Å². The molecule has 3 aromatic rings. The van der Waals surface area contributed by atoms with Crippen LogP contribution in [-0.4, -0.2) is 40.9 Å². The first-order valence-electron chi connectivity index (χ1n) is 13.0. The molecule has 3 atom stereocenters. The smallest absolute Gasteiger partial charge is 0.150 e. The lowest BCUT2D eigenvalue weighted by Crippen LogP contribution is -2.35. The van der Waals surface area contributed by atoms with E-state index in [4.69, 9.17) is 9.47 Å². The van der Waals surface area contributed by atoms with Gasteiger partial charge in [0.2, 0.25) is 0 Å². The summed E-state index contributed by atoms with van der Waals surface area (Å²) < 4.78 is 12.7. The Labute approximate surface area is 219 Å². The fourth-order valence-electron chi connectivity index (χ4n) is 5.37. The summed E-state index contributed by atoms with van der Waals surface area (Å²) >= 11 is 0. The first kappa shape index (κ1) is 25.0. The highest BCUT2D eigenvalue weighted by atomic mass is 16.5. The minimum Gasteiger partial charge on any atom is -0.508 e. The Morgan fingerprint density at radius 1 is 1.14 bits per heavy atom. The predicted molar refractivity (Wildman–Crippen MR) is 149 cm³/mol. The lowest BCUT2D eigenvalue weighted by atomic mass is 9.85. The normalized spacial score (nSPS) is 20.3. The molecule has 2 N–H and O–H groups in total. The first-order valence-corrected chi connectivity index (χ1v) is 13.0. The molecule has 0 aromatic heterocycles. The topological polar surface area (TPSA) is 62.2 Å². The van der Waals surface area contributed by atoms with Crippen molar-refractivity contribution in [3.8, 4) is 23.0 Å². The van der Waals surface area contributed by atoms with Crippen molar-refractivity contribution in [2.24, 2.45) is 5.92 Å². The van der Waals surface area contributed by atoms with E-state index in [1.165, 1.54) is 6.42 Å². The molecule has 5 heteroatoms. The summed E-state index contributed by atoms with van der Waals surface area (Å²) in [5.74, 6) is 2.62. The zero-order valence-electron chi connectivity index (χ0n) is 21.8. The van der Waals surface area contributed by atoms with E-state index in [2.05, 4.69) is 25.3 Å². The molecule has 37 heavy (non-hydrogen) atoms. The van der Waals surface area contributed by atoms with Crippen molar-refractivity contribution in [3.63, 3.8) is 0 Å². The maximum Gasteiger partial charge on any atom is 0.150 e. The van der Waals surface area contributed by atoms with Crippen LogP contribution in [-0.2, 0) is 0 Å². The lowest BCUT2D eigenvalue weighted by molar-refractivity contribution is 0.169. The van der Waals surface area contributed by atoms with Crippen molar-refractivity contribution in [3.05, 3.63) is 89.5 Å². The number of hydrogen-bond donors (Lipinski definition) is 2. The van der Waals surface area contributed by atoms with E-state index in [-0.39, 0.29) is 11.5 Å². The van der Waals surface area contributed by atoms with Gasteiger partial charge in [0.25, 0.3) is 0 Å². The zero-order valence-corrected chi connectivity index (χ0v) is 21.8. The fourth-order valence-corrected chi connectivity index (χ4v) is 5.37. The molecule has 1 unspecified atom stereocenters. The number of fused-ring (bicyclic) bond motifs is 1. The van der Waals surface area contributed by atoms with Crippen molar-refractivity contribution in [1.29, 1.82) is 0 Å². The van der Waals surface area contributed by atoms with Gasteiger partial charge < -0.3 is 19.7 Å². The molecule has 192 valence electrons. The van der Waals surface area contributed by atoms with Crippen LogP contribution in [0.1, 0.15) is 55.5 Å². The van der Waals surface area contributed by atoms with Gasteiger partial charge in [0.15, 0.2) is 0 Å². The summed E-state index contributed by atoms with van der Waals surface area (Å²) in [5.41, 5.74) is 5.22. The molecule has 2 heterocycles. The number of allylic oxidation sites excluding steroid dienone is 1. The molecule has 2 aliphatic rings. The van der Waals surface area contributed by atoms with Crippen LogP contribution in [0.5, 0.6) is 23.0 Å². The van der Waals surface area contributed by atoms with Crippen LogP contribution in [0.2, 0.25) is 0 Å². The second-order valence-corrected chi connectivity index (χ2v) is 10.3. The van der Waals surface area contributed by atoms with Gasteiger partial charge in [0.05, 0.1) is 0 Å². The van der Waals surface area contributed by atoms with Crippen molar-refractivity contribution in [2.75, 3.05) is 19.7 Å². The van der Waals surface area contributed by atoms with Gasteiger partial charge in [0.1, 0.15) is 35.7 Å². The molecule has 0 amide bonds. The molecule has 1 fully saturated rings. The Bertz CT molecular complexity index is 1330. The highest BCUT2D eigenvalue weighted by molar-refractivity contribution is 5.96. The molecule has 5 nitrogen and oxygen atoms in total. The van der Waals surface area contributed by atoms with Crippen LogP contribution in [0.15, 0.2) is 67.2 Å². The van der Waals surface area contributed by atoms with Gasteiger partial charge in [-0.05, 0) is 85.8 Å². The molecule has 0 saturated carbocycles. The Morgan fingerprint density at radius 3 is 2.59 bits per heavy atom. The Morgan fingerprint density at radius 2 is 1.92 bits per heavy atom. The minimum atomic E-state index is -0.393. The number of nitrogens with zero attached hydrogens (tertiary/aromatic N) is 1. The zero-order chi connectivity index (χ0) is 26.1. The van der Waals surface area contributed by atoms with Crippen LogP contribution in [0.3, 0.4) is 0 Å². The largest absolute Gasteiger partial charge is 0.508 e. The number of ether oxygens (including phenoxy) is 2. The Kier molecular flexibility index (Phi) is 6.98. The Hall–Kier alpha value is -3.70. The molecule has 0 bridgehead atoms. The van der Waals surface area contributed by atoms with Crippen LogP contribution in [0, 0.1) is 5.92 Å². The second kappa shape index (κ2) is 10.3. The average Bonchev–Trinajstić information content (AvgIpc) is 3.34. The lowest BCUT2D eigenvalue weighted by Gasteiger charge is -2.31. The maximum absolute atomic E-state index is 10.5. The van der Waals surface area contributed by atoms with Gasteiger partial charge >= 0.3 is 0 Å². The highest BCUT2D eigenvalue weighted by Gasteiger charge is 2.30. The highest BCUT2D eigenvalue weighted by Crippen LogP contribution is 2.48. The number of benzene rings is 3. The molecule has 0 spiro atoms. The standard InChI is InChI=1S/C32H35NO4/c1-5-23-16-30-28(17-29(23)35)22(4)31(25-7-6-8-26(34)15-25)32(37-30)24-9-11-27(12-10-24)36-19-21(3)33-14-13-20(2)18-33/h5-12,15-17,20-21,32,34-35H,1,13-14,18-19H2,2-4H3/t20-,21+,32?/m1/s1. The van der Waals surface area contributed by atoms with Gasteiger partial charge in [-0.1, -0.05) is 43.8 Å². The van der Waals surface area contributed by atoms with E-state index in [9.17, 15) is 10.2 Å². The Balaban J connectivity index is 1.44. The molecule has 5 rings (SSSR count). The minimum absolute atomic E-state index is 0.157. The van der Waals surface area contributed by atoms with Crippen LogP contribution in [0.25, 0.3) is 17.2 Å². The number of likely N-dealkylation sites (tertiary alicyclic amines) is 1. The SMILES string of the molecule is C=Cc1cc2c(cc1O)C(C)=C(c1cccc(O)c1)C(c1ccc(OC[C@H](C)N3CC[C@@H](C)C3)cc1)O2. The van der Waals surface area contributed by atoms with E-state index in [0.29, 0.717) is 24.0 Å². The average molecular weight is 498 g/mol. The van der Waals surface area contributed by atoms with E-state index < -0.39 is 6.10 Å². The summed E-state index contributed by atoms with van der Waals surface area (Å²) in [6.07, 6.45) is 2.48. The number of hydrogen-bond acceptors (Lipinski definition) is 5. The molecular formula is C32H35NO4. The number of phenolic OH excluding ortho intramolecular Hbond substituents is 2. The van der Waals surface area contributed by atoms with E-state index >= 15 is 0 Å². The van der Waals surface area contributed by atoms with Crippen molar-refractivity contribution in [1.82, 2.24) is 4.90 Å². The van der Waals surface area contributed by atoms with Gasteiger partial charge in [-0.15, -0.1) is 0 Å². The summed E-state index contributed by atoms with van der Waals surface area (Å²) in [6, 6.07) is 19.2. The molecule has 3 aromatic carbocycles. The number of aromatic hydroxyl groups is 2. The second-order valence-electron chi connectivity index (χ2n) is 10.3. The maximum atomic E-state index is 10.5. The van der Waals surface area contributed by atoms with Crippen LogP contribution < -0.4 is 9.47 Å². The quantitative estimate of drug-likeness (QED) is 0.371. The van der Waals surface area contributed by atoms with Crippen LogP contribution >= 0.6 is 0 Å². The third kappa shape index (κ3) is 5.09. The third-order valence-electron chi connectivity index (χ3n) is 7.57. The molecule has 0 aliphatic carbocycles. The van der Waals surface area contributed by atoms with Gasteiger partial charge in [-0.25, -0.2) is 0 Å². The molecule has 0 radical (unpaired) electrons. The summed E-state index contributed by atoms with van der Waals surface area (Å²) in [7, 11) is 0. The van der Waals surface area contributed by atoms with Crippen molar-refractivity contribution in [2.45, 2.75) is 39.3 Å². The molecule has 1 saturated heterocycles. The van der Waals surface area contributed by atoms with Gasteiger partial charge in [0, 0.05) is 29.3 Å². The van der Waals surface area contributed by atoms with E-state index in [0.717, 1.165) is 52.6 Å². The van der Waals surface area contributed by atoms with Gasteiger partial charge in [-0.2, -0.15) is 0 Å². The fraction of sp³-hybridized carbons (Fsp3) is 0.312. The summed E-state index contributed by atoms with van der Waals surface area (Å²) in [4.78, 5) is 2.50. The molecule has 2 aliphatic heterocycles. The van der Waals surface area contributed by atoms with Crippen LogP contribution in [0.4, 0.5) is 0 Å². The number of phenols is 2. The predicted octanol–water partition coefficient (Wildman–Crippen LogP) is 6.91. The van der Waals surface area contributed by atoms with Gasteiger partial charge in [-0.3, -0.25) is 4.90 Å². The van der Waals surface area contributed by atoms with E-state index in [1.54, 1.807) is 24.3 Å². The van der Waals surface area contributed by atoms with E-state index in [1.807, 2.05) is 49.4 Å². The molecular weight excluding hydrogens is 462 g/mol. The third-order valence-corrected chi connectivity index (χ3v) is 7.57. The summed E-state index contributed by atoms with van der Waals surface area (Å²) in [6.45, 7) is 13.3.